The molecule has 0 radical (unpaired) electrons. The number of carbonyl (C=O) groups is 4. The number of Topliss-reactive ketones (excluding diaryl/α,β-unsaturated/α-hetero) is 1. The number of ketones is 1. The summed E-state index contributed by atoms with van der Waals surface area (Å²) in [5.74, 6) is -2.69. The molecule has 1 aliphatic rings. The molecule has 9 nitrogen and oxygen atoms in total. The minimum absolute atomic E-state index is 0.0479. The zero-order valence-corrected chi connectivity index (χ0v) is 22.7. The predicted octanol–water partition coefficient (Wildman–Crippen LogP) is 3.90. The summed E-state index contributed by atoms with van der Waals surface area (Å²) in [4.78, 5) is 56.2. The summed E-state index contributed by atoms with van der Waals surface area (Å²) < 4.78 is 0. The van der Waals surface area contributed by atoms with E-state index in [1.807, 2.05) is 80.6 Å². The van der Waals surface area contributed by atoms with E-state index in [9.17, 15) is 24.3 Å². The molecule has 0 fully saturated rings. The van der Waals surface area contributed by atoms with Gasteiger partial charge in [0.05, 0.1) is 24.2 Å². The first-order valence-corrected chi connectivity index (χ1v) is 13.2. The van der Waals surface area contributed by atoms with Crippen LogP contribution in [0.4, 0.5) is 0 Å². The topological polar surface area (TPSA) is 134 Å². The van der Waals surface area contributed by atoms with E-state index >= 15 is 0 Å². The molecule has 1 aliphatic heterocycles. The Kier molecular flexibility index (Phi) is 8.62. The normalized spacial score (nSPS) is 17.9. The number of carbonyl (C=O) groups excluding carboxylic acids is 3. The van der Waals surface area contributed by atoms with Gasteiger partial charge in [-0.15, -0.1) is 0 Å². The molecular formula is C31H33N3O6. The fourth-order valence-electron chi connectivity index (χ4n) is 4.84. The van der Waals surface area contributed by atoms with Crippen LogP contribution in [-0.2, 0) is 25.6 Å². The second-order valence-corrected chi connectivity index (χ2v) is 10.5. The van der Waals surface area contributed by atoms with Crippen molar-refractivity contribution in [2.75, 3.05) is 0 Å². The summed E-state index contributed by atoms with van der Waals surface area (Å²) in [7, 11) is 0. The Balaban J connectivity index is 1.58. The summed E-state index contributed by atoms with van der Waals surface area (Å²) in [6.45, 7) is 5.10. The van der Waals surface area contributed by atoms with E-state index < -0.39 is 41.8 Å². The number of hydrogen-bond acceptors (Lipinski definition) is 6. The monoisotopic (exact) mass is 543 g/mol. The molecule has 4 rings (SSSR count). The number of hydrogen-bond donors (Lipinski definition) is 3. The molecule has 3 aromatic rings. The maximum atomic E-state index is 13.6. The first-order chi connectivity index (χ1) is 19.1. The third-order valence-electron chi connectivity index (χ3n) is 7.05. The van der Waals surface area contributed by atoms with Gasteiger partial charge in [-0.25, -0.2) is 0 Å². The van der Waals surface area contributed by atoms with Crippen LogP contribution in [0.1, 0.15) is 49.5 Å². The maximum Gasteiger partial charge on any atom is 0.305 e. The summed E-state index contributed by atoms with van der Waals surface area (Å²) in [6, 6.07) is 20.7. The summed E-state index contributed by atoms with van der Waals surface area (Å²) in [5.41, 5.74) is 0.250. The van der Waals surface area contributed by atoms with Crippen molar-refractivity contribution in [1.29, 1.82) is 0 Å². The van der Waals surface area contributed by atoms with E-state index in [0.29, 0.717) is 11.3 Å². The van der Waals surface area contributed by atoms with E-state index in [0.717, 1.165) is 16.3 Å². The highest BCUT2D eigenvalue weighted by Gasteiger charge is 2.49. The van der Waals surface area contributed by atoms with Crippen LogP contribution in [0.25, 0.3) is 10.8 Å². The Labute approximate surface area is 232 Å². The molecule has 1 heterocycles. The molecule has 3 atom stereocenters. The van der Waals surface area contributed by atoms with Crippen LogP contribution in [0.2, 0.25) is 0 Å². The molecule has 1 unspecified atom stereocenters. The number of oxime groups is 1. The van der Waals surface area contributed by atoms with E-state index in [1.54, 1.807) is 6.07 Å². The van der Waals surface area contributed by atoms with Gasteiger partial charge in [-0.1, -0.05) is 79.7 Å². The highest BCUT2D eigenvalue weighted by atomic mass is 16.7. The minimum atomic E-state index is -1.52. The molecule has 0 spiro atoms. The third-order valence-corrected chi connectivity index (χ3v) is 7.05. The molecule has 0 aliphatic carbocycles. The van der Waals surface area contributed by atoms with E-state index in [-0.39, 0.29) is 24.7 Å². The second-order valence-electron chi connectivity index (χ2n) is 10.5. The zero-order chi connectivity index (χ0) is 28.9. The van der Waals surface area contributed by atoms with Crippen molar-refractivity contribution in [3.63, 3.8) is 0 Å². The van der Waals surface area contributed by atoms with Crippen LogP contribution in [-0.4, -0.2) is 52.1 Å². The molecule has 9 heteroatoms. The van der Waals surface area contributed by atoms with Gasteiger partial charge in [0.2, 0.25) is 5.60 Å². The Bertz CT molecular complexity index is 1450. The van der Waals surface area contributed by atoms with E-state index in [1.165, 1.54) is 6.92 Å². The lowest BCUT2D eigenvalue weighted by atomic mass is 9.84. The molecule has 0 bridgehead atoms. The van der Waals surface area contributed by atoms with Crippen molar-refractivity contribution in [2.45, 2.75) is 57.7 Å². The fraction of sp³-hybridized carbons (Fsp3) is 0.323. The average Bonchev–Trinajstić information content (AvgIpc) is 3.35. The quantitative estimate of drug-likeness (QED) is 0.336. The van der Waals surface area contributed by atoms with Gasteiger partial charge in [0, 0.05) is 18.4 Å². The highest BCUT2D eigenvalue weighted by Crippen LogP contribution is 2.31. The number of aliphatic carboxylic acids is 1. The smallest absolute Gasteiger partial charge is 0.305 e. The molecule has 0 saturated carbocycles. The van der Waals surface area contributed by atoms with Gasteiger partial charge in [0.15, 0.2) is 5.78 Å². The fourth-order valence-corrected chi connectivity index (χ4v) is 4.84. The van der Waals surface area contributed by atoms with Crippen molar-refractivity contribution < 1.29 is 29.1 Å². The van der Waals surface area contributed by atoms with Gasteiger partial charge in [0.25, 0.3) is 11.8 Å². The van der Waals surface area contributed by atoms with Crippen molar-refractivity contribution in [2.24, 2.45) is 11.1 Å². The lowest BCUT2D eigenvalue weighted by molar-refractivity contribution is -0.147. The van der Waals surface area contributed by atoms with E-state index in [2.05, 4.69) is 15.8 Å². The molecule has 2 amide bonds. The number of nitrogens with one attached hydrogen (secondary N) is 2. The van der Waals surface area contributed by atoms with Crippen molar-refractivity contribution in [3.8, 4) is 0 Å². The molecular weight excluding hydrogens is 510 g/mol. The zero-order valence-electron chi connectivity index (χ0n) is 22.7. The van der Waals surface area contributed by atoms with Crippen molar-refractivity contribution in [1.82, 2.24) is 10.6 Å². The molecule has 0 aromatic heterocycles. The van der Waals surface area contributed by atoms with Gasteiger partial charge < -0.3 is 20.6 Å². The number of fused-ring (bicyclic) bond motifs is 1. The first kappa shape index (κ1) is 28.5. The van der Waals surface area contributed by atoms with Gasteiger partial charge >= 0.3 is 5.97 Å². The van der Waals surface area contributed by atoms with Crippen LogP contribution in [0.5, 0.6) is 0 Å². The highest BCUT2D eigenvalue weighted by molar-refractivity contribution is 6.04. The molecule has 40 heavy (non-hydrogen) atoms. The summed E-state index contributed by atoms with van der Waals surface area (Å²) in [5, 5.41) is 21.1. The first-order valence-electron chi connectivity index (χ1n) is 13.2. The molecule has 3 aromatic carbocycles. The minimum Gasteiger partial charge on any atom is -0.481 e. The van der Waals surface area contributed by atoms with Crippen LogP contribution in [0.15, 0.2) is 78.0 Å². The van der Waals surface area contributed by atoms with Crippen molar-refractivity contribution >= 4 is 40.1 Å². The Hall–Kier alpha value is -4.53. The van der Waals surface area contributed by atoms with Gasteiger partial charge in [-0.05, 0) is 41.3 Å². The lowest BCUT2D eigenvalue weighted by Gasteiger charge is -2.28. The van der Waals surface area contributed by atoms with Crippen molar-refractivity contribution in [3.05, 3.63) is 83.9 Å². The van der Waals surface area contributed by atoms with Crippen LogP contribution in [0.3, 0.4) is 0 Å². The Morgan fingerprint density at radius 2 is 1.62 bits per heavy atom. The Morgan fingerprint density at radius 3 is 2.27 bits per heavy atom. The molecule has 0 saturated heterocycles. The Morgan fingerprint density at radius 1 is 0.950 bits per heavy atom. The summed E-state index contributed by atoms with van der Waals surface area (Å²) >= 11 is 0. The maximum absolute atomic E-state index is 13.6. The van der Waals surface area contributed by atoms with Gasteiger partial charge in [-0.2, -0.15) is 0 Å². The number of rotatable bonds is 11. The lowest BCUT2D eigenvalue weighted by Crippen LogP contribution is -2.55. The number of carboxylic acids is 1. The van der Waals surface area contributed by atoms with Crippen LogP contribution < -0.4 is 10.6 Å². The third kappa shape index (κ3) is 6.54. The largest absolute Gasteiger partial charge is 0.481 e. The molecule has 208 valence electrons. The van der Waals surface area contributed by atoms with Gasteiger partial charge in [-0.3, -0.25) is 19.2 Å². The molecule has 3 N–H and O–H groups in total. The SMILES string of the molecule is CC(=O)[C@H](CC(=O)O)NC(=O)C1(Cc2ccccc2)CC([C@@H](NC(=O)c2ccc3ccccc3c2)C(C)C)=NO1. The predicted molar refractivity (Wildman–Crippen MR) is 151 cm³/mol. The van der Waals surface area contributed by atoms with E-state index in [4.69, 9.17) is 4.84 Å². The average molecular weight is 544 g/mol. The number of benzene rings is 3. The number of nitrogens with zero attached hydrogens (tertiary/aromatic N) is 1. The second kappa shape index (κ2) is 12.1. The standard InChI is InChI=1S/C31H33N3O6/c1-19(2)28(33-29(38)24-14-13-22-11-7-8-12-23(22)15-24)26-18-31(40-34-26,17-21-9-5-4-6-10-21)30(39)32-25(20(3)35)16-27(36)37/h4-15,19,25,28H,16-18H2,1-3H3,(H,32,39)(H,33,38)(H,36,37)/t25-,28-,31?/m0/s1. The van der Waals surface area contributed by atoms with Gasteiger partial charge in [0.1, 0.15) is 0 Å². The summed E-state index contributed by atoms with van der Waals surface area (Å²) in [6.07, 6.45) is -0.368. The number of carboxylic acid groups (broad SMARTS) is 1. The van der Waals surface area contributed by atoms with Crippen LogP contribution >= 0.6 is 0 Å². The van der Waals surface area contributed by atoms with Crippen LogP contribution in [0, 0.1) is 5.92 Å². The number of amides is 2.